The standard InChI is InChI=1S/C40H39BrClN3O8/c1-51-23-28-34(25-15-7-3-8-16-25)52-39(50)32-33-37(48)45(30(22-46)24-13-5-2-6-14-24)36(40(33)21-26(41)35(32)53-40)38(49)44(29-18-11-10-17-27(29)42)20-12-4-9-19-31(47)43-28/h2-8,10-18,21,28,30,32-36,46H,9,19-20,22-23H2,1H3,(H,43,47)/b12-4-/t28-,30-,32+,33-,34-,35+,36+,40-/m1/s1. The number of hydrogen-bond donors (Lipinski definition) is 2. The lowest BCUT2D eigenvalue weighted by molar-refractivity contribution is -0.162. The zero-order chi connectivity index (χ0) is 37.3. The van der Waals surface area contributed by atoms with Gasteiger partial charge in [0, 0.05) is 24.6 Å². The third-order valence-corrected chi connectivity index (χ3v) is 11.4. The van der Waals surface area contributed by atoms with Crippen LogP contribution in [0.1, 0.15) is 36.1 Å². The second-order valence-electron chi connectivity index (χ2n) is 13.5. The number of benzene rings is 3. The van der Waals surface area contributed by atoms with Crippen molar-refractivity contribution >= 4 is 56.9 Å². The molecule has 4 aliphatic heterocycles. The molecule has 3 aromatic carbocycles. The highest BCUT2D eigenvalue weighted by atomic mass is 79.9. The highest BCUT2D eigenvalue weighted by Crippen LogP contribution is 2.60. The molecule has 0 radical (unpaired) electrons. The van der Waals surface area contributed by atoms with Crippen LogP contribution in [0.5, 0.6) is 0 Å². The molecule has 1 spiro atoms. The number of rotatable bonds is 7. The fraction of sp³-hybridized carbons (Fsp3) is 0.350. The molecule has 3 aromatic rings. The first-order chi connectivity index (χ1) is 25.7. The van der Waals surface area contributed by atoms with Crippen molar-refractivity contribution in [1.29, 1.82) is 0 Å². The van der Waals surface area contributed by atoms with E-state index in [0.717, 1.165) is 0 Å². The number of nitrogens with one attached hydrogen (secondary N) is 1. The van der Waals surface area contributed by atoms with Crippen LogP contribution in [-0.2, 0) is 33.4 Å². The van der Waals surface area contributed by atoms with Gasteiger partial charge in [-0.1, -0.05) is 112 Å². The van der Waals surface area contributed by atoms with E-state index in [9.17, 15) is 14.7 Å². The molecular formula is C40H39BrClN3O8. The van der Waals surface area contributed by atoms with Crippen molar-refractivity contribution in [3.05, 3.63) is 124 Å². The van der Waals surface area contributed by atoms with E-state index in [1.165, 1.54) is 16.9 Å². The minimum atomic E-state index is -1.62. The largest absolute Gasteiger partial charge is 0.455 e. The van der Waals surface area contributed by atoms with Crippen molar-refractivity contribution < 1.29 is 38.5 Å². The number of carbonyl (C=O) groups excluding carboxylic acids is 4. The van der Waals surface area contributed by atoms with E-state index in [1.807, 2.05) is 12.1 Å². The summed E-state index contributed by atoms with van der Waals surface area (Å²) in [7, 11) is 1.49. The van der Waals surface area contributed by atoms with Gasteiger partial charge in [0.2, 0.25) is 11.8 Å². The molecule has 276 valence electrons. The van der Waals surface area contributed by atoms with Crippen LogP contribution in [0.2, 0.25) is 5.02 Å². The minimum Gasteiger partial charge on any atom is -0.455 e. The summed E-state index contributed by atoms with van der Waals surface area (Å²) in [5, 5.41) is 14.2. The van der Waals surface area contributed by atoms with Gasteiger partial charge >= 0.3 is 5.97 Å². The molecule has 4 aliphatic rings. The minimum absolute atomic E-state index is 0.0291. The number of amides is 3. The van der Waals surface area contributed by atoms with Crippen molar-refractivity contribution in [2.24, 2.45) is 11.8 Å². The van der Waals surface area contributed by atoms with Gasteiger partial charge in [-0.25, -0.2) is 0 Å². The Kier molecular flexibility index (Phi) is 10.9. The summed E-state index contributed by atoms with van der Waals surface area (Å²) in [5.41, 5.74) is -0.0144. The van der Waals surface area contributed by atoms with E-state index < -0.39 is 72.2 Å². The quantitative estimate of drug-likeness (QED) is 0.251. The van der Waals surface area contributed by atoms with Gasteiger partial charge in [0.1, 0.15) is 29.8 Å². The zero-order valence-corrected chi connectivity index (χ0v) is 31.2. The number of allylic oxidation sites excluding steroid dienone is 1. The van der Waals surface area contributed by atoms with Crippen LogP contribution in [0.25, 0.3) is 0 Å². The Morgan fingerprint density at radius 2 is 1.66 bits per heavy atom. The summed E-state index contributed by atoms with van der Waals surface area (Å²) in [5.74, 6) is -4.48. The molecule has 0 saturated carbocycles. The summed E-state index contributed by atoms with van der Waals surface area (Å²) in [6.07, 6.45) is 3.81. The molecule has 13 heteroatoms. The van der Waals surface area contributed by atoms with Gasteiger partial charge in [0.05, 0.1) is 41.9 Å². The predicted octanol–water partition coefficient (Wildman–Crippen LogP) is 5.05. The zero-order valence-electron chi connectivity index (χ0n) is 28.8. The molecule has 7 rings (SSSR count). The Morgan fingerprint density at radius 3 is 2.36 bits per heavy atom. The number of para-hydroxylation sites is 1. The summed E-state index contributed by atoms with van der Waals surface area (Å²) in [6.45, 7) is -0.436. The van der Waals surface area contributed by atoms with Crippen LogP contribution >= 0.6 is 27.5 Å². The molecule has 8 atom stereocenters. The van der Waals surface area contributed by atoms with Gasteiger partial charge in [-0.2, -0.15) is 0 Å². The summed E-state index contributed by atoms with van der Waals surface area (Å²) in [4.78, 5) is 61.2. The third kappa shape index (κ3) is 6.72. The predicted molar refractivity (Wildman–Crippen MR) is 200 cm³/mol. The summed E-state index contributed by atoms with van der Waals surface area (Å²) in [6, 6.07) is 21.8. The fourth-order valence-corrected chi connectivity index (χ4v) is 9.07. The van der Waals surface area contributed by atoms with Gasteiger partial charge in [-0.05, 0) is 35.8 Å². The molecular weight excluding hydrogens is 766 g/mol. The second-order valence-corrected chi connectivity index (χ2v) is 14.8. The first kappa shape index (κ1) is 37.0. The number of halogens is 2. The number of esters is 1. The molecule has 0 unspecified atom stereocenters. The van der Waals surface area contributed by atoms with Crippen molar-refractivity contribution in [3.63, 3.8) is 0 Å². The van der Waals surface area contributed by atoms with Gasteiger partial charge in [0.25, 0.3) is 5.91 Å². The smallest absolute Gasteiger partial charge is 0.313 e. The number of ether oxygens (including phenoxy) is 3. The molecule has 5 bridgehead atoms. The normalized spacial score (nSPS) is 30.1. The van der Waals surface area contributed by atoms with Crippen molar-refractivity contribution in [2.75, 3.05) is 31.8 Å². The number of aliphatic hydroxyl groups is 1. The average molecular weight is 805 g/mol. The highest BCUT2D eigenvalue weighted by Gasteiger charge is 2.75. The van der Waals surface area contributed by atoms with Gasteiger partial charge in [-0.15, -0.1) is 0 Å². The molecule has 2 fully saturated rings. The Labute approximate surface area is 320 Å². The van der Waals surface area contributed by atoms with Gasteiger partial charge in [0.15, 0.2) is 0 Å². The Morgan fingerprint density at radius 1 is 0.962 bits per heavy atom. The van der Waals surface area contributed by atoms with Crippen molar-refractivity contribution in [2.45, 2.75) is 48.8 Å². The number of methoxy groups -OCH3 is 1. The third-order valence-electron chi connectivity index (χ3n) is 10.4. The SMILES string of the molecule is COC[C@H]1NC(=O)CC/C=C\CN(c2ccccc2Cl)C(=O)[C@@H]2N([C@H](CO)c3ccccc3)C(=O)[C@H]3[C@H](C(=O)O[C@@H]1c1ccccc1)[C@H]1O[C@@]23C=C1Br. The number of nitrogens with zero attached hydrogens (tertiary/aromatic N) is 2. The first-order valence-electron chi connectivity index (χ1n) is 17.5. The monoisotopic (exact) mass is 803 g/mol. The molecule has 0 aliphatic carbocycles. The van der Waals surface area contributed by atoms with E-state index in [-0.39, 0.29) is 25.5 Å². The number of anilines is 1. The number of aliphatic hydroxyl groups excluding tert-OH is 1. The van der Waals surface area contributed by atoms with E-state index >= 15 is 9.59 Å². The second kappa shape index (κ2) is 15.6. The van der Waals surface area contributed by atoms with E-state index in [4.69, 9.17) is 25.8 Å². The van der Waals surface area contributed by atoms with Crippen LogP contribution in [0.15, 0.2) is 108 Å². The lowest BCUT2D eigenvalue weighted by atomic mass is 9.74. The van der Waals surface area contributed by atoms with Crippen LogP contribution in [0.3, 0.4) is 0 Å². The topological polar surface area (TPSA) is 135 Å². The molecule has 3 amide bonds. The Balaban J connectivity index is 1.40. The number of hydrogen-bond acceptors (Lipinski definition) is 8. The number of fused-ring (bicyclic) bond motifs is 2. The van der Waals surface area contributed by atoms with Crippen LogP contribution in [-0.4, -0.2) is 84.4 Å². The maximum atomic E-state index is 15.3. The molecule has 4 heterocycles. The van der Waals surface area contributed by atoms with Crippen LogP contribution in [0, 0.1) is 11.8 Å². The maximum Gasteiger partial charge on any atom is 0.313 e. The number of carbonyl (C=O) groups is 4. The van der Waals surface area contributed by atoms with Crippen molar-refractivity contribution in [1.82, 2.24) is 10.2 Å². The lowest BCUT2D eigenvalue weighted by Gasteiger charge is -2.39. The Bertz CT molecular complexity index is 1930. The average Bonchev–Trinajstić information content (AvgIpc) is 3.76. The lowest BCUT2D eigenvalue weighted by Crippen LogP contribution is -2.57. The van der Waals surface area contributed by atoms with E-state index in [1.54, 1.807) is 91.0 Å². The molecule has 11 nitrogen and oxygen atoms in total. The number of likely N-dealkylation sites (tertiary alicyclic amines) is 1. The van der Waals surface area contributed by atoms with Gasteiger partial charge in [-0.3, -0.25) is 19.2 Å². The van der Waals surface area contributed by atoms with E-state index in [0.29, 0.717) is 32.7 Å². The molecule has 2 saturated heterocycles. The maximum absolute atomic E-state index is 15.3. The number of cyclic esters (lactones) is 1. The molecule has 2 N–H and O–H groups in total. The van der Waals surface area contributed by atoms with E-state index in [2.05, 4.69) is 21.2 Å². The Hall–Kier alpha value is -4.33. The summed E-state index contributed by atoms with van der Waals surface area (Å²) >= 11 is 10.3. The molecule has 53 heavy (non-hydrogen) atoms. The highest BCUT2D eigenvalue weighted by molar-refractivity contribution is 9.11. The van der Waals surface area contributed by atoms with Gasteiger partial charge < -0.3 is 34.4 Å². The molecule has 0 aromatic heterocycles. The fourth-order valence-electron chi connectivity index (χ4n) is 8.10. The van der Waals surface area contributed by atoms with Crippen LogP contribution < -0.4 is 10.2 Å². The van der Waals surface area contributed by atoms with Crippen LogP contribution in [0.4, 0.5) is 5.69 Å². The first-order valence-corrected chi connectivity index (χ1v) is 18.7. The summed E-state index contributed by atoms with van der Waals surface area (Å²) < 4.78 is 19.0. The van der Waals surface area contributed by atoms with Crippen molar-refractivity contribution in [3.8, 4) is 0 Å².